The molecule has 0 amide bonds. The molecule has 5 unspecified atom stereocenters. The van der Waals surface area contributed by atoms with Crippen LogP contribution in [0.4, 0.5) is 5.82 Å². The lowest BCUT2D eigenvalue weighted by Crippen LogP contribution is -2.33. The monoisotopic (exact) mass is 383 g/mol. The molecule has 3 heterocycles. The van der Waals surface area contributed by atoms with Crippen LogP contribution in [0.3, 0.4) is 0 Å². The van der Waals surface area contributed by atoms with Gasteiger partial charge in [0.05, 0.1) is 11.5 Å². The summed E-state index contributed by atoms with van der Waals surface area (Å²) in [6, 6.07) is 0.814. The number of hydrogen-bond acceptors (Lipinski definition) is 9. The van der Waals surface area contributed by atoms with Crippen molar-refractivity contribution in [1.29, 1.82) is 0 Å². The number of fused-ring (bicyclic) bond motifs is 1. The van der Waals surface area contributed by atoms with Gasteiger partial charge in [0.2, 0.25) is 0 Å². The Hall–Kier alpha value is -1.92. The largest absolute Gasteiger partial charge is 0.480 e. The molecule has 0 bridgehead atoms. The summed E-state index contributed by atoms with van der Waals surface area (Å²) in [5.74, 6) is 0.191. The third-order valence-corrected chi connectivity index (χ3v) is 5.41. The number of aromatic nitrogens is 3. The Morgan fingerprint density at radius 3 is 2.88 bits per heavy atom. The van der Waals surface area contributed by atoms with E-state index >= 15 is 0 Å². The zero-order valence-electron chi connectivity index (χ0n) is 13.8. The lowest BCUT2D eigenvalue weighted by Gasteiger charge is -2.17. The highest BCUT2D eigenvalue weighted by Gasteiger charge is 2.43. The number of nitrogen functional groups attached to an aromatic ring is 1. The average Bonchev–Trinajstić information content (AvgIpc) is 3.15. The molecule has 0 aliphatic carbocycles. The predicted octanol–water partition coefficient (Wildman–Crippen LogP) is -0.832. The maximum Gasteiger partial charge on any atom is 0.320 e. The number of nitrogens with two attached hydrogens (primary N) is 2. The number of carbonyl (C=O) groups is 1. The molecule has 0 radical (unpaired) electrons. The first-order valence-corrected chi connectivity index (χ1v) is 9.20. The minimum Gasteiger partial charge on any atom is -0.480 e. The number of aliphatic hydroxyl groups excluding tert-OH is 2. The molecular formula is C15H21N5O5S. The lowest BCUT2D eigenvalue weighted by atomic mass is 10.1. The maximum absolute atomic E-state index is 10.7. The van der Waals surface area contributed by atoms with Crippen LogP contribution in [0.15, 0.2) is 18.6 Å². The van der Waals surface area contributed by atoms with Crippen molar-refractivity contribution in [2.45, 2.75) is 37.0 Å². The third-order valence-electron chi connectivity index (χ3n) is 4.32. The number of aliphatic carboxylic acids is 1. The molecule has 5 atom stereocenters. The van der Waals surface area contributed by atoms with E-state index in [1.165, 1.54) is 18.1 Å². The summed E-state index contributed by atoms with van der Waals surface area (Å²) in [7, 11) is 0. The summed E-state index contributed by atoms with van der Waals surface area (Å²) in [5.41, 5.74) is 11.8. The minimum absolute atomic E-state index is 0.313. The lowest BCUT2D eigenvalue weighted by molar-refractivity contribution is -0.138. The second-order valence-electron chi connectivity index (χ2n) is 6.07. The highest BCUT2D eigenvalue weighted by Crippen LogP contribution is 2.34. The van der Waals surface area contributed by atoms with Gasteiger partial charge in [-0.3, -0.25) is 4.79 Å². The summed E-state index contributed by atoms with van der Waals surface area (Å²) in [6.07, 6.45) is -0.289. The van der Waals surface area contributed by atoms with Crippen molar-refractivity contribution in [3.63, 3.8) is 0 Å². The van der Waals surface area contributed by atoms with Crippen molar-refractivity contribution in [3.05, 3.63) is 18.6 Å². The normalized spacial score (nSPS) is 27.0. The molecule has 1 aliphatic rings. The summed E-state index contributed by atoms with van der Waals surface area (Å²) in [6.45, 7) is 0. The van der Waals surface area contributed by atoms with Crippen LogP contribution in [0, 0.1) is 0 Å². The smallest absolute Gasteiger partial charge is 0.320 e. The van der Waals surface area contributed by atoms with E-state index in [1.807, 2.05) is 0 Å². The molecule has 0 aromatic carbocycles. The minimum atomic E-state index is -1.13. The van der Waals surface area contributed by atoms with Crippen LogP contribution in [0.1, 0.15) is 12.6 Å². The van der Waals surface area contributed by atoms with Crippen molar-refractivity contribution in [3.8, 4) is 0 Å². The van der Waals surface area contributed by atoms with Crippen molar-refractivity contribution in [2.75, 3.05) is 17.2 Å². The number of rotatable bonds is 7. The molecule has 11 heteroatoms. The molecule has 2 aromatic rings. The van der Waals surface area contributed by atoms with Gasteiger partial charge in [-0.1, -0.05) is 0 Å². The van der Waals surface area contributed by atoms with Crippen LogP contribution < -0.4 is 11.5 Å². The van der Waals surface area contributed by atoms with E-state index < -0.39 is 36.6 Å². The maximum atomic E-state index is 10.7. The molecule has 1 aliphatic heterocycles. The van der Waals surface area contributed by atoms with Gasteiger partial charge in [0, 0.05) is 11.9 Å². The number of thioether (sulfide) groups is 1. The standard InChI is InChI=1S/C15H21N5O5S/c16-8(15(23)24)2-4-26-5-9-10(21)11(22)14(25-9)20-3-1-7-12(17)18-6-19-13(7)20/h1,3,6,8-11,14,21-22H,2,4-5,16H2,(H,23,24)(H2,17,18,19). The van der Waals surface area contributed by atoms with Crippen molar-refractivity contribution in [1.82, 2.24) is 14.5 Å². The fourth-order valence-corrected chi connectivity index (χ4v) is 3.92. The quantitative estimate of drug-likeness (QED) is 0.380. The van der Waals surface area contributed by atoms with E-state index in [0.717, 1.165) is 0 Å². The van der Waals surface area contributed by atoms with E-state index in [-0.39, 0.29) is 0 Å². The Kier molecular flexibility index (Phi) is 5.63. The van der Waals surface area contributed by atoms with Crippen LogP contribution in [-0.2, 0) is 9.53 Å². The molecule has 1 fully saturated rings. The topological polar surface area (TPSA) is 170 Å². The van der Waals surface area contributed by atoms with E-state index in [9.17, 15) is 15.0 Å². The van der Waals surface area contributed by atoms with Gasteiger partial charge in [-0.15, -0.1) is 0 Å². The van der Waals surface area contributed by atoms with E-state index in [0.29, 0.717) is 34.8 Å². The Morgan fingerprint density at radius 2 is 2.15 bits per heavy atom. The Morgan fingerprint density at radius 1 is 1.38 bits per heavy atom. The summed E-state index contributed by atoms with van der Waals surface area (Å²) in [5, 5.41) is 30.0. The molecule has 0 saturated carbocycles. The molecule has 0 spiro atoms. The highest BCUT2D eigenvalue weighted by atomic mass is 32.2. The average molecular weight is 383 g/mol. The molecule has 142 valence electrons. The summed E-state index contributed by atoms with van der Waals surface area (Å²) >= 11 is 1.41. The van der Waals surface area contributed by atoms with Crippen LogP contribution in [0.5, 0.6) is 0 Å². The SMILES string of the molecule is Nc1ncnc2c1ccn2C1OC(CSCCC(N)C(=O)O)C(O)C1O. The predicted molar refractivity (Wildman–Crippen MR) is 95.4 cm³/mol. The fraction of sp³-hybridized carbons (Fsp3) is 0.533. The van der Waals surface area contributed by atoms with Gasteiger partial charge in [-0.2, -0.15) is 11.8 Å². The Labute approximate surface area is 153 Å². The Bertz CT molecular complexity index is 787. The van der Waals surface area contributed by atoms with Crippen molar-refractivity contribution >= 4 is 34.6 Å². The number of hydrogen-bond donors (Lipinski definition) is 5. The molecule has 2 aromatic heterocycles. The van der Waals surface area contributed by atoms with Crippen LogP contribution in [-0.4, -0.2) is 71.7 Å². The third kappa shape index (κ3) is 3.62. The van der Waals surface area contributed by atoms with Gasteiger partial charge in [-0.05, 0) is 18.2 Å². The zero-order chi connectivity index (χ0) is 18.8. The van der Waals surface area contributed by atoms with Crippen LogP contribution in [0.25, 0.3) is 11.0 Å². The van der Waals surface area contributed by atoms with Gasteiger partial charge in [0.1, 0.15) is 36.0 Å². The van der Waals surface area contributed by atoms with Gasteiger partial charge in [0.25, 0.3) is 0 Å². The number of aliphatic hydroxyl groups is 2. The van der Waals surface area contributed by atoms with Gasteiger partial charge in [0.15, 0.2) is 6.23 Å². The molecule has 10 nitrogen and oxygen atoms in total. The second-order valence-corrected chi connectivity index (χ2v) is 7.22. The molecular weight excluding hydrogens is 362 g/mol. The number of anilines is 1. The molecule has 3 rings (SSSR count). The van der Waals surface area contributed by atoms with Gasteiger partial charge >= 0.3 is 5.97 Å². The molecule has 1 saturated heterocycles. The van der Waals surface area contributed by atoms with Crippen LogP contribution in [0.2, 0.25) is 0 Å². The fourth-order valence-electron chi connectivity index (χ4n) is 2.83. The summed E-state index contributed by atoms with van der Waals surface area (Å²) < 4.78 is 7.44. The van der Waals surface area contributed by atoms with Gasteiger partial charge in [-0.25, -0.2) is 9.97 Å². The van der Waals surface area contributed by atoms with Gasteiger partial charge < -0.3 is 36.1 Å². The number of ether oxygens (including phenoxy) is 1. The number of nitrogens with zero attached hydrogens (tertiary/aromatic N) is 3. The zero-order valence-corrected chi connectivity index (χ0v) is 14.6. The molecule has 26 heavy (non-hydrogen) atoms. The van der Waals surface area contributed by atoms with Crippen molar-refractivity contribution in [2.24, 2.45) is 5.73 Å². The number of carboxylic acid groups (broad SMARTS) is 1. The summed E-state index contributed by atoms with van der Waals surface area (Å²) in [4.78, 5) is 18.8. The first-order valence-electron chi connectivity index (χ1n) is 8.05. The molecule has 7 N–H and O–H groups in total. The second kappa shape index (κ2) is 7.76. The Balaban J connectivity index is 1.64. The van der Waals surface area contributed by atoms with E-state index in [4.69, 9.17) is 21.3 Å². The first kappa shape index (κ1) is 18.9. The van der Waals surface area contributed by atoms with Crippen LogP contribution >= 0.6 is 11.8 Å². The highest BCUT2D eigenvalue weighted by molar-refractivity contribution is 7.99. The first-order chi connectivity index (χ1) is 12.4. The van der Waals surface area contributed by atoms with Crippen molar-refractivity contribution < 1.29 is 24.9 Å². The van der Waals surface area contributed by atoms with E-state index in [1.54, 1.807) is 16.8 Å². The number of carboxylic acids is 1. The van der Waals surface area contributed by atoms with E-state index in [2.05, 4.69) is 9.97 Å².